The predicted octanol–water partition coefficient (Wildman–Crippen LogP) is 3.03. The molecule has 1 unspecified atom stereocenters. The third-order valence-corrected chi connectivity index (χ3v) is 3.81. The number of carbonyl (C=O) groups excluding carboxylic acids is 1. The summed E-state index contributed by atoms with van der Waals surface area (Å²) >= 11 is 1.79. The highest BCUT2D eigenvalue weighted by Crippen LogP contribution is 2.23. The first kappa shape index (κ1) is 18.3. The van der Waals surface area contributed by atoms with Gasteiger partial charge in [0.25, 0.3) is 5.91 Å². The minimum atomic E-state index is 0. The molecule has 0 aliphatic rings. The molecule has 0 aliphatic carbocycles. The quantitative estimate of drug-likeness (QED) is 0.851. The van der Waals surface area contributed by atoms with Crippen molar-refractivity contribution in [1.29, 1.82) is 0 Å². The van der Waals surface area contributed by atoms with Crippen molar-refractivity contribution in [2.75, 3.05) is 13.6 Å². The minimum Gasteiger partial charge on any atom is -0.338 e. The molecule has 1 amide bonds. The Labute approximate surface area is 126 Å². The summed E-state index contributed by atoms with van der Waals surface area (Å²) in [6.45, 7) is 6.73. The van der Waals surface area contributed by atoms with Gasteiger partial charge < -0.3 is 10.6 Å². The van der Waals surface area contributed by atoms with E-state index in [1.54, 1.807) is 23.7 Å². The fourth-order valence-electron chi connectivity index (χ4n) is 1.51. The van der Waals surface area contributed by atoms with Gasteiger partial charge in [0.2, 0.25) is 0 Å². The van der Waals surface area contributed by atoms with Gasteiger partial charge in [-0.2, -0.15) is 0 Å². The van der Waals surface area contributed by atoms with Crippen molar-refractivity contribution < 1.29 is 4.79 Å². The zero-order chi connectivity index (χ0) is 13.7. The summed E-state index contributed by atoms with van der Waals surface area (Å²) in [5.74, 6) is 0.0223. The van der Waals surface area contributed by atoms with Crippen LogP contribution in [0, 0.1) is 0 Å². The highest BCUT2D eigenvalue weighted by atomic mass is 35.5. The summed E-state index contributed by atoms with van der Waals surface area (Å²) in [7, 11) is 1.79. The molecule has 0 fully saturated rings. The first-order valence-corrected chi connectivity index (χ1v) is 7.07. The van der Waals surface area contributed by atoms with E-state index in [1.165, 1.54) is 4.90 Å². The van der Waals surface area contributed by atoms with E-state index in [0.717, 1.165) is 0 Å². The maximum absolute atomic E-state index is 12.1. The van der Waals surface area contributed by atoms with Crippen molar-refractivity contribution >= 4 is 30.1 Å². The normalized spacial score (nSPS) is 11.9. The highest BCUT2D eigenvalue weighted by molar-refractivity contribution is 7.99. The molecule has 1 rings (SSSR count). The topological polar surface area (TPSA) is 46.3 Å². The van der Waals surface area contributed by atoms with Crippen molar-refractivity contribution in [3.05, 3.63) is 29.8 Å². The Kier molecular flexibility index (Phi) is 8.14. The van der Waals surface area contributed by atoms with Gasteiger partial charge in [-0.15, -0.1) is 24.2 Å². The molecule has 1 atom stereocenters. The number of halogens is 1. The SMILES string of the molecule is CC(C)Sc1ccc(C(=O)N(C)C(C)CN)cc1.Cl. The molecule has 0 bridgehead atoms. The van der Waals surface area contributed by atoms with Crippen molar-refractivity contribution in [2.24, 2.45) is 5.73 Å². The number of nitrogens with two attached hydrogens (primary N) is 1. The van der Waals surface area contributed by atoms with Crippen LogP contribution in [-0.2, 0) is 0 Å². The van der Waals surface area contributed by atoms with E-state index in [9.17, 15) is 4.79 Å². The Bertz CT molecular complexity index is 395. The third kappa shape index (κ3) is 5.43. The molecule has 0 radical (unpaired) electrons. The van der Waals surface area contributed by atoms with Crippen LogP contribution in [0.15, 0.2) is 29.2 Å². The second-order valence-electron chi connectivity index (χ2n) is 4.69. The van der Waals surface area contributed by atoms with Crippen LogP contribution >= 0.6 is 24.2 Å². The summed E-state index contributed by atoms with van der Waals surface area (Å²) in [5, 5.41) is 0.548. The minimum absolute atomic E-state index is 0. The number of nitrogens with zero attached hydrogens (tertiary/aromatic N) is 1. The van der Waals surface area contributed by atoms with Crippen molar-refractivity contribution in [3.63, 3.8) is 0 Å². The molecule has 0 saturated heterocycles. The van der Waals surface area contributed by atoms with Crippen molar-refractivity contribution in [1.82, 2.24) is 4.90 Å². The van der Waals surface area contributed by atoms with Gasteiger partial charge >= 0.3 is 0 Å². The van der Waals surface area contributed by atoms with E-state index in [4.69, 9.17) is 5.73 Å². The zero-order valence-corrected chi connectivity index (χ0v) is 13.6. The van der Waals surface area contributed by atoms with Crippen LogP contribution in [0.1, 0.15) is 31.1 Å². The average Bonchev–Trinajstić information content (AvgIpc) is 2.36. The number of hydrogen-bond acceptors (Lipinski definition) is 3. The molecular formula is C14H23ClN2OS. The Morgan fingerprint density at radius 1 is 1.26 bits per heavy atom. The lowest BCUT2D eigenvalue weighted by Gasteiger charge is -2.23. The molecule has 19 heavy (non-hydrogen) atoms. The number of hydrogen-bond donors (Lipinski definition) is 1. The lowest BCUT2D eigenvalue weighted by Crippen LogP contribution is -2.39. The second kappa shape index (κ2) is 8.46. The van der Waals surface area contributed by atoms with Crippen LogP contribution in [0.5, 0.6) is 0 Å². The summed E-state index contributed by atoms with van der Waals surface area (Å²) in [6.07, 6.45) is 0. The average molecular weight is 303 g/mol. The number of thioether (sulfide) groups is 1. The number of likely N-dealkylation sites (N-methyl/N-ethyl adjacent to an activating group) is 1. The molecule has 0 saturated carbocycles. The molecule has 0 aromatic heterocycles. The first-order valence-electron chi connectivity index (χ1n) is 6.19. The van der Waals surface area contributed by atoms with Crippen LogP contribution in [0.2, 0.25) is 0 Å². The van der Waals surface area contributed by atoms with Gasteiger partial charge in [-0.25, -0.2) is 0 Å². The fourth-order valence-corrected chi connectivity index (χ4v) is 2.35. The standard InChI is InChI=1S/C14H22N2OS.ClH/c1-10(2)18-13-7-5-12(6-8-13)14(17)16(4)11(3)9-15;/h5-8,10-11H,9,15H2,1-4H3;1H. The molecule has 2 N–H and O–H groups in total. The summed E-state index contributed by atoms with van der Waals surface area (Å²) in [4.78, 5) is 15.0. The molecular weight excluding hydrogens is 280 g/mol. The van der Waals surface area contributed by atoms with Gasteiger partial charge in [0.15, 0.2) is 0 Å². The van der Waals surface area contributed by atoms with Gasteiger partial charge in [-0.05, 0) is 31.2 Å². The number of benzene rings is 1. The summed E-state index contributed by atoms with van der Waals surface area (Å²) in [5.41, 5.74) is 6.28. The van der Waals surface area contributed by atoms with Crippen LogP contribution in [0.4, 0.5) is 0 Å². The van der Waals surface area contributed by atoms with E-state index in [2.05, 4.69) is 13.8 Å². The third-order valence-electron chi connectivity index (χ3n) is 2.80. The first-order chi connectivity index (χ1) is 8.45. The maximum Gasteiger partial charge on any atom is 0.253 e. The number of carbonyl (C=O) groups is 1. The van der Waals surface area contributed by atoms with E-state index in [-0.39, 0.29) is 24.4 Å². The molecule has 3 nitrogen and oxygen atoms in total. The van der Waals surface area contributed by atoms with E-state index >= 15 is 0 Å². The van der Waals surface area contributed by atoms with E-state index < -0.39 is 0 Å². The highest BCUT2D eigenvalue weighted by Gasteiger charge is 2.16. The van der Waals surface area contributed by atoms with Crippen LogP contribution in [0.25, 0.3) is 0 Å². The fraction of sp³-hybridized carbons (Fsp3) is 0.500. The van der Waals surface area contributed by atoms with E-state index in [1.807, 2.05) is 31.2 Å². The monoisotopic (exact) mass is 302 g/mol. The number of amides is 1. The Morgan fingerprint density at radius 2 is 1.79 bits per heavy atom. The lowest BCUT2D eigenvalue weighted by atomic mass is 10.2. The molecule has 1 aromatic rings. The maximum atomic E-state index is 12.1. The largest absolute Gasteiger partial charge is 0.338 e. The van der Waals surface area contributed by atoms with Gasteiger partial charge in [-0.3, -0.25) is 4.79 Å². The molecule has 108 valence electrons. The van der Waals surface area contributed by atoms with Gasteiger partial charge in [0, 0.05) is 35.3 Å². The molecule has 5 heteroatoms. The van der Waals surface area contributed by atoms with Crippen LogP contribution in [-0.4, -0.2) is 35.7 Å². The van der Waals surface area contributed by atoms with Crippen molar-refractivity contribution in [3.8, 4) is 0 Å². The molecule has 0 spiro atoms. The Balaban J connectivity index is 0.00000324. The summed E-state index contributed by atoms with van der Waals surface area (Å²) < 4.78 is 0. The van der Waals surface area contributed by atoms with Gasteiger partial charge in [0.1, 0.15) is 0 Å². The van der Waals surface area contributed by atoms with E-state index in [0.29, 0.717) is 17.4 Å². The van der Waals surface area contributed by atoms with Gasteiger partial charge in [0.05, 0.1) is 0 Å². The second-order valence-corrected chi connectivity index (χ2v) is 6.34. The summed E-state index contributed by atoms with van der Waals surface area (Å²) in [6, 6.07) is 7.82. The Morgan fingerprint density at radius 3 is 2.21 bits per heavy atom. The van der Waals surface area contributed by atoms with Crippen LogP contribution < -0.4 is 5.73 Å². The number of rotatable bonds is 5. The Hall–Kier alpha value is -0.710. The molecule has 0 heterocycles. The molecule has 1 aromatic carbocycles. The predicted molar refractivity (Wildman–Crippen MR) is 85.3 cm³/mol. The van der Waals surface area contributed by atoms with Crippen LogP contribution in [0.3, 0.4) is 0 Å². The lowest BCUT2D eigenvalue weighted by molar-refractivity contribution is 0.0748. The zero-order valence-electron chi connectivity index (χ0n) is 11.9. The van der Waals surface area contributed by atoms with Crippen molar-refractivity contribution in [2.45, 2.75) is 37.0 Å². The molecule has 0 aliphatic heterocycles. The smallest absolute Gasteiger partial charge is 0.253 e. The van der Waals surface area contributed by atoms with Gasteiger partial charge in [-0.1, -0.05) is 13.8 Å².